The average molecular weight is 428 g/mol. The molecule has 146 valence electrons. The second-order valence-electron chi connectivity index (χ2n) is 6.87. The Morgan fingerprint density at radius 3 is 2.83 bits per heavy atom. The average Bonchev–Trinajstić information content (AvgIpc) is 3.34. The fourth-order valence-corrected chi connectivity index (χ4v) is 4.06. The van der Waals surface area contributed by atoms with Crippen molar-refractivity contribution in [3.63, 3.8) is 0 Å². The molecule has 3 heterocycles. The molecule has 0 spiro atoms. The lowest BCUT2D eigenvalue weighted by atomic mass is 10.1. The van der Waals surface area contributed by atoms with E-state index < -0.39 is 5.97 Å². The quantitative estimate of drug-likeness (QED) is 0.392. The van der Waals surface area contributed by atoms with E-state index in [9.17, 15) is 4.79 Å². The van der Waals surface area contributed by atoms with Gasteiger partial charge in [0.05, 0.1) is 5.56 Å². The van der Waals surface area contributed by atoms with Crippen LogP contribution in [0.1, 0.15) is 35.1 Å². The number of fused-ring (bicyclic) bond motifs is 2. The molecule has 0 bridgehead atoms. The summed E-state index contributed by atoms with van der Waals surface area (Å²) in [4.78, 5) is 21.5. The maximum atomic E-state index is 12.7. The number of rotatable bonds is 3. The highest BCUT2D eigenvalue weighted by atomic mass is 35.5. The number of benzene rings is 2. The zero-order chi connectivity index (χ0) is 20.0. The summed E-state index contributed by atoms with van der Waals surface area (Å²) in [5.74, 6) is 0.742. The highest BCUT2D eigenvalue weighted by molar-refractivity contribution is 6.35. The summed E-state index contributed by atoms with van der Waals surface area (Å²) in [7, 11) is 0. The number of aromatic nitrogens is 3. The smallest absolute Gasteiger partial charge is 0.338 e. The second kappa shape index (κ2) is 7.21. The molecular formula is C21H15Cl2N3O3. The summed E-state index contributed by atoms with van der Waals surface area (Å²) in [6, 6.07) is 10.1. The van der Waals surface area contributed by atoms with Crippen molar-refractivity contribution >= 4 is 40.3 Å². The predicted molar refractivity (Wildman–Crippen MR) is 109 cm³/mol. The van der Waals surface area contributed by atoms with E-state index in [1.807, 2.05) is 10.8 Å². The number of aryl methyl sites for hydroxylation is 1. The number of imidazole rings is 1. The minimum atomic E-state index is -0.419. The van der Waals surface area contributed by atoms with E-state index in [0.29, 0.717) is 38.2 Å². The Morgan fingerprint density at radius 1 is 1.17 bits per heavy atom. The molecule has 8 heteroatoms. The number of carbonyl (C=O) groups is 1. The van der Waals surface area contributed by atoms with E-state index in [1.165, 1.54) is 0 Å². The Hall–Kier alpha value is -2.83. The van der Waals surface area contributed by atoms with Crippen LogP contribution >= 0.6 is 23.2 Å². The van der Waals surface area contributed by atoms with Crippen LogP contribution in [0.25, 0.3) is 22.6 Å². The molecule has 1 aliphatic heterocycles. The molecule has 1 unspecified atom stereocenters. The predicted octanol–water partition coefficient (Wildman–Crippen LogP) is 5.69. The molecule has 2 aromatic carbocycles. The zero-order valence-electron chi connectivity index (χ0n) is 15.1. The minimum Gasteiger partial charge on any atom is -0.451 e. The van der Waals surface area contributed by atoms with Crippen LogP contribution in [0, 0.1) is 0 Å². The second-order valence-corrected chi connectivity index (χ2v) is 7.75. The lowest BCUT2D eigenvalue weighted by molar-refractivity contribution is 0.0208. The maximum Gasteiger partial charge on any atom is 0.338 e. The fraction of sp³-hybridized carbons (Fsp3) is 0.190. The molecule has 1 atom stereocenters. The summed E-state index contributed by atoms with van der Waals surface area (Å²) in [5.41, 5.74) is 2.17. The molecular weight excluding hydrogens is 413 g/mol. The van der Waals surface area contributed by atoms with E-state index in [2.05, 4.69) is 9.97 Å². The molecule has 1 aliphatic rings. The number of ether oxygens (including phenoxy) is 1. The molecule has 2 aromatic heterocycles. The molecule has 0 fully saturated rings. The van der Waals surface area contributed by atoms with Crippen molar-refractivity contribution < 1.29 is 13.9 Å². The van der Waals surface area contributed by atoms with Crippen LogP contribution < -0.4 is 0 Å². The van der Waals surface area contributed by atoms with Crippen molar-refractivity contribution in [2.75, 3.05) is 0 Å². The molecule has 0 amide bonds. The van der Waals surface area contributed by atoms with Crippen LogP contribution in [-0.2, 0) is 11.3 Å². The van der Waals surface area contributed by atoms with E-state index in [1.54, 1.807) is 42.6 Å². The molecule has 0 radical (unpaired) electrons. The molecule has 6 nitrogen and oxygen atoms in total. The van der Waals surface area contributed by atoms with Crippen molar-refractivity contribution in [3.05, 3.63) is 70.2 Å². The summed E-state index contributed by atoms with van der Waals surface area (Å²) < 4.78 is 13.6. The Morgan fingerprint density at radius 2 is 2.00 bits per heavy atom. The monoisotopic (exact) mass is 427 g/mol. The van der Waals surface area contributed by atoms with Gasteiger partial charge in [0.1, 0.15) is 11.3 Å². The summed E-state index contributed by atoms with van der Waals surface area (Å²) in [5, 5.41) is 0.981. The Labute approximate surface area is 176 Å². The Balaban J connectivity index is 1.42. The third-order valence-electron chi connectivity index (χ3n) is 4.88. The Bertz CT molecular complexity index is 1210. The van der Waals surface area contributed by atoms with E-state index in [-0.39, 0.29) is 6.10 Å². The molecule has 0 saturated heterocycles. The Kier molecular flexibility index (Phi) is 4.53. The van der Waals surface area contributed by atoms with Crippen LogP contribution in [0.5, 0.6) is 0 Å². The summed E-state index contributed by atoms with van der Waals surface area (Å²) in [6.07, 6.45) is 4.98. The first-order valence-corrected chi connectivity index (χ1v) is 9.91. The van der Waals surface area contributed by atoms with Crippen molar-refractivity contribution in [3.8, 4) is 11.5 Å². The highest BCUT2D eigenvalue weighted by Crippen LogP contribution is 2.31. The maximum absolute atomic E-state index is 12.7. The van der Waals surface area contributed by atoms with Gasteiger partial charge in [-0.2, -0.15) is 0 Å². The number of esters is 1. The van der Waals surface area contributed by atoms with Crippen molar-refractivity contribution in [1.82, 2.24) is 14.5 Å². The van der Waals surface area contributed by atoms with Gasteiger partial charge in [-0.15, -0.1) is 0 Å². The zero-order valence-corrected chi connectivity index (χ0v) is 16.7. The third-order valence-corrected chi connectivity index (χ3v) is 5.32. The first-order chi connectivity index (χ1) is 14.1. The number of carbonyl (C=O) groups excluding carboxylic acids is 1. The van der Waals surface area contributed by atoms with Gasteiger partial charge in [0.15, 0.2) is 11.7 Å². The van der Waals surface area contributed by atoms with Gasteiger partial charge in [-0.25, -0.2) is 14.8 Å². The van der Waals surface area contributed by atoms with E-state index in [0.717, 1.165) is 25.2 Å². The topological polar surface area (TPSA) is 70.2 Å². The molecule has 0 saturated carbocycles. The van der Waals surface area contributed by atoms with Crippen molar-refractivity contribution in [2.24, 2.45) is 0 Å². The number of hydrogen-bond donors (Lipinski definition) is 0. The van der Waals surface area contributed by atoms with E-state index >= 15 is 0 Å². The van der Waals surface area contributed by atoms with Crippen LogP contribution in [-0.4, -0.2) is 20.5 Å². The lowest BCUT2D eigenvalue weighted by Crippen LogP contribution is -2.20. The fourth-order valence-electron chi connectivity index (χ4n) is 3.54. The SMILES string of the molecule is O=C(OC1CCCn2ccnc21)c1ccc2nc(-c3cc(Cl)cc(Cl)c3)oc2c1. The van der Waals surface area contributed by atoms with Gasteiger partial charge in [0.2, 0.25) is 5.89 Å². The highest BCUT2D eigenvalue weighted by Gasteiger charge is 2.26. The molecule has 29 heavy (non-hydrogen) atoms. The molecule has 4 aromatic rings. The first kappa shape index (κ1) is 18.2. The van der Waals surface area contributed by atoms with Crippen LogP contribution in [0.4, 0.5) is 0 Å². The number of hydrogen-bond acceptors (Lipinski definition) is 5. The van der Waals surface area contributed by atoms with Crippen LogP contribution in [0.15, 0.2) is 53.2 Å². The van der Waals surface area contributed by atoms with Crippen LogP contribution in [0.2, 0.25) is 10.0 Å². The molecule has 5 rings (SSSR count). The molecule has 0 aliphatic carbocycles. The van der Waals surface area contributed by atoms with Gasteiger partial charge in [0, 0.05) is 34.5 Å². The van der Waals surface area contributed by atoms with Gasteiger partial charge in [-0.05, 0) is 49.2 Å². The minimum absolute atomic E-state index is 0.346. The van der Waals surface area contributed by atoms with Gasteiger partial charge < -0.3 is 13.7 Å². The van der Waals surface area contributed by atoms with Gasteiger partial charge in [-0.3, -0.25) is 0 Å². The third kappa shape index (κ3) is 3.50. The van der Waals surface area contributed by atoms with Crippen LogP contribution in [0.3, 0.4) is 0 Å². The first-order valence-electron chi connectivity index (χ1n) is 9.16. The van der Waals surface area contributed by atoms with Gasteiger partial charge in [0.25, 0.3) is 0 Å². The number of oxazole rings is 1. The standard InChI is InChI=1S/C21H15Cl2N3O3/c22-14-8-13(9-15(23)11-14)20-25-16-4-3-12(10-18(16)28-20)21(27)29-17-2-1-6-26-7-5-24-19(17)26/h3-5,7-11,17H,1-2,6H2. The van der Waals surface area contributed by atoms with Crippen molar-refractivity contribution in [2.45, 2.75) is 25.5 Å². The molecule has 0 N–H and O–H groups in total. The van der Waals surface area contributed by atoms with E-state index in [4.69, 9.17) is 32.4 Å². The van der Waals surface area contributed by atoms with Gasteiger partial charge >= 0.3 is 5.97 Å². The lowest BCUT2D eigenvalue weighted by Gasteiger charge is -2.23. The van der Waals surface area contributed by atoms with Crippen molar-refractivity contribution in [1.29, 1.82) is 0 Å². The number of nitrogens with zero attached hydrogens (tertiary/aromatic N) is 3. The van der Waals surface area contributed by atoms with Gasteiger partial charge in [-0.1, -0.05) is 23.2 Å². The normalized spacial score (nSPS) is 16.0. The number of halogens is 2. The summed E-state index contributed by atoms with van der Waals surface area (Å²) in [6.45, 7) is 0.893. The summed E-state index contributed by atoms with van der Waals surface area (Å²) >= 11 is 12.1. The largest absolute Gasteiger partial charge is 0.451 e.